The summed E-state index contributed by atoms with van der Waals surface area (Å²) in [5, 5.41) is 12.0. The summed E-state index contributed by atoms with van der Waals surface area (Å²) in [6.07, 6.45) is 0. The van der Waals surface area contributed by atoms with Gasteiger partial charge < -0.3 is 4.57 Å². The van der Waals surface area contributed by atoms with Crippen molar-refractivity contribution in [2.45, 2.75) is 0 Å². The van der Waals surface area contributed by atoms with E-state index in [0.29, 0.717) is 17.6 Å². The van der Waals surface area contributed by atoms with Crippen molar-refractivity contribution >= 4 is 75.9 Å². The first kappa shape index (κ1) is 34.5. The average Bonchev–Trinajstić information content (AvgIpc) is 3.87. The van der Waals surface area contributed by atoms with Gasteiger partial charge in [0, 0.05) is 38.4 Å². The highest BCUT2D eigenvalue weighted by Crippen LogP contribution is 2.39. The van der Waals surface area contributed by atoms with Gasteiger partial charge in [-0.05, 0) is 92.0 Å². The lowest BCUT2D eigenvalue weighted by atomic mass is 9.93. The van der Waals surface area contributed by atoms with Gasteiger partial charge in [0.2, 0.25) is 5.95 Å². The maximum atomic E-state index is 5.35. The Hall–Kier alpha value is -8.41. The summed E-state index contributed by atoms with van der Waals surface area (Å²) in [6, 6.07) is 75.7. The highest BCUT2D eigenvalue weighted by molar-refractivity contribution is 6.25. The van der Waals surface area contributed by atoms with Crippen LogP contribution < -0.4 is 0 Å². The molecule has 3 aromatic heterocycles. The Morgan fingerprint density at radius 1 is 0.242 bits per heavy atom. The van der Waals surface area contributed by atoms with E-state index in [4.69, 9.17) is 15.0 Å². The van der Waals surface area contributed by atoms with E-state index in [2.05, 4.69) is 221 Å². The van der Waals surface area contributed by atoms with Crippen molar-refractivity contribution in [3.05, 3.63) is 212 Å². The lowest BCUT2D eigenvalue weighted by Crippen LogP contribution is -2.06. The molecule has 0 aliphatic heterocycles. The molecule has 0 aliphatic rings. The van der Waals surface area contributed by atoms with Crippen molar-refractivity contribution in [1.82, 2.24) is 24.1 Å². The molecule has 0 saturated carbocycles. The fraction of sp³-hybridized carbons (Fsp3) is 0. The smallest absolute Gasteiger partial charge is 0.238 e. The Balaban J connectivity index is 1.05. The summed E-state index contributed by atoms with van der Waals surface area (Å²) >= 11 is 0. The van der Waals surface area contributed by atoms with Crippen LogP contribution in [-0.4, -0.2) is 24.1 Å². The third-order valence-electron chi connectivity index (χ3n) is 12.5. The molecule has 0 radical (unpaired) electrons. The number of hydrogen-bond acceptors (Lipinski definition) is 3. The van der Waals surface area contributed by atoms with Crippen LogP contribution in [0.15, 0.2) is 212 Å². The minimum absolute atomic E-state index is 0.571. The molecular weight excluding hydrogens is 755 g/mol. The van der Waals surface area contributed by atoms with Crippen LogP contribution in [0.4, 0.5) is 0 Å². The molecule has 3 heterocycles. The van der Waals surface area contributed by atoms with Crippen molar-refractivity contribution in [2.75, 3.05) is 0 Å². The molecule has 0 spiro atoms. The first-order valence-corrected chi connectivity index (χ1v) is 21.0. The van der Waals surface area contributed by atoms with E-state index in [1.165, 1.54) is 54.2 Å². The van der Waals surface area contributed by atoms with Gasteiger partial charge in [-0.25, -0.2) is 4.98 Å². The number of fused-ring (bicyclic) bond motifs is 12. The largest absolute Gasteiger partial charge is 0.309 e. The van der Waals surface area contributed by atoms with Gasteiger partial charge >= 0.3 is 0 Å². The van der Waals surface area contributed by atoms with E-state index in [1.54, 1.807) is 0 Å². The minimum Gasteiger partial charge on any atom is -0.309 e. The molecule has 0 unspecified atom stereocenters. The molecule has 13 rings (SSSR count). The van der Waals surface area contributed by atoms with Gasteiger partial charge in [-0.1, -0.05) is 164 Å². The third-order valence-corrected chi connectivity index (χ3v) is 12.5. The summed E-state index contributed by atoms with van der Waals surface area (Å²) in [5.74, 6) is 1.78. The fourth-order valence-corrected chi connectivity index (χ4v) is 9.75. The zero-order valence-corrected chi connectivity index (χ0v) is 33.4. The average molecular weight is 790 g/mol. The Kier molecular flexibility index (Phi) is 7.54. The first-order chi connectivity index (χ1) is 30.7. The van der Waals surface area contributed by atoms with Crippen LogP contribution in [-0.2, 0) is 0 Å². The van der Waals surface area contributed by atoms with Crippen molar-refractivity contribution in [3.63, 3.8) is 0 Å². The van der Waals surface area contributed by atoms with Crippen LogP contribution in [0.3, 0.4) is 0 Å². The Morgan fingerprint density at radius 3 is 1.31 bits per heavy atom. The maximum absolute atomic E-state index is 5.35. The summed E-state index contributed by atoms with van der Waals surface area (Å²) in [5.41, 5.74) is 9.62. The lowest BCUT2D eigenvalue weighted by molar-refractivity contribution is 0.953. The van der Waals surface area contributed by atoms with Crippen LogP contribution in [0.5, 0.6) is 0 Å². The zero-order valence-electron chi connectivity index (χ0n) is 33.4. The molecular formula is C57H35N5. The molecule has 13 aromatic rings. The van der Waals surface area contributed by atoms with E-state index in [9.17, 15) is 0 Å². The van der Waals surface area contributed by atoms with Crippen LogP contribution in [0.2, 0.25) is 0 Å². The molecule has 0 aliphatic carbocycles. The molecule has 5 heteroatoms. The minimum atomic E-state index is 0.571. The highest BCUT2D eigenvalue weighted by atomic mass is 15.2. The first-order valence-electron chi connectivity index (χ1n) is 21.0. The van der Waals surface area contributed by atoms with E-state index in [-0.39, 0.29) is 0 Å². The molecule has 0 fully saturated rings. The zero-order chi connectivity index (χ0) is 40.7. The predicted molar refractivity (Wildman–Crippen MR) is 257 cm³/mol. The second kappa shape index (κ2) is 13.6. The number of nitrogens with zero attached hydrogens (tertiary/aromatic N) is 5. The van der Waals surface area contributed by atoms with Crippen molar-refractivity contribution in [2.24, 2.45) is 0 Å². The van der Waals surface area contributed by atoms with Crippen LogP contribution in [0.25, 0.3) is 121 Å². The van der Waals surface area contributed by atoms with Crippen LogP contribution in [0, 0.1) is 0 Å². The standard InChI is InChI=1S/C57H35N5/c1-2-15-36(16-3-1)37-30-32-54-50(34-37)48-25-10-11-26-51(48)61(54)40-18-14-17-38(33-40)55-58-56(60-57(59-55)62-52-27-12-8-23-46(52)47-24-9-13-28-53(47)62)39-29-31-45-43-21-5-4-19-41(43)42-20-6-7-22-44(42)49(45)35-39/h1-35H. The van der Waals surface area contributed by atoms with Gasteiger partial charge in [-0.2, -0.15) is 9.97 Å². The highest BCUT2D eigenvalue weighted by Gasteiger charge is 2.20. The predicted octanol–water partition coefficient (Wildman–Crippen LogP) is 14.5. The molecule has 0 N–H and O–H groups in total. The number of aromatic nitrogens is 5. The second-order valence-electron chi connectivity index (χ2n) is 16.0. The summed E-state index contributed by atoms with van der Waals surface area (Å²) in [4.78, 5) is 16.0. The number of para-hydroxylation sites is 3. The van der Waals surface area contributed by atoms with E-state index < -0.39 is 0 Å². The van der Waals surface area contributed by atoms with Crippen LogP contribution in [0.1, 0.15) is 0 Å². The third kappa shape index (κ3) is 5.25. The summed E-state index contributed by atoms with van der Waals surface area (Å²) in [7, 11) is 0. The van der Waals surface area contributed by atoms with Crippen LogP contribution >= 0.6 is 0 Å². The number of rotatable bonds is 5. The quantitative estimate of drug-likeness (QED) is 0.163. The molecule has 0 saturated heterocycles. The molecule has 288 valence electrons. The van der Waals surface area contributed by atoms with Gasteiger partial charge in [0.25, 0.3) is 0 Å². The number of benzene rings is 10. The molecule has 62 heavy (non-hydrogen) atoms. The van der Waals surface area contributed by atoms with Crippen molar-refractivity contribution < 1.29 is 0 Å². The molecule has 0 bridgehead atoms. The van der Waals surface area contributed by atoms with Crippen molar-refractivity contribution in [1.29, 1.82) is 0 Å². The molecule has 0 atom stereocenters. The molecule has 5 nitrogen and oxygen atoms in total. The Morgan fingerprint density at radius 2 is 0.677 bits per heavy atom. The summed E-state index contributed by atoms with van der Waals surface area (Å²) < 4.78 is 4.54. The number of hydrogen-bond donors (Lipinski definition) is 0. The van der Waals surface area contributed by atoms with E-state index in [1.807, 2.05) is 0 Å². The van der Waals surface area contributed by atoms with Gasteiger partial charge in [0.15, 0.2) is 11.6 Å². The Labute approximate surface area is 356 Å². The monoisotopic (exact) mass is 789 g/mol. The van der Waals surface area contributed by atoms with Gasteiger partial charge in [-0.3, -0.25) is 4.57 Å². The van der Waals surface area contributed by atoms with Gasteiger partial charge in [0.05, 0.1) is 22.1 Å². The topological polar surface area (TPSA) is 48.5 Å². The van der Waals surface area contributed by atoms with Gasteiger partial charge in [-0.15, -0.1) is 0 Å². The fourth-order valence-electron chi connectivity index (χ4n) is 9.75. The molecule has 0 amide bonds. The SMILES string of the molecule is c1ccc(-c2ccc3c(c2)c2ccccc2n3-c2cccc(-c3nc(-c4ccc5c6ccccc6c6ccccc6c5c4)nc(-n4c5ccccc5c5ccccc54)n3)c2)cc1. The second-order valence-corrected chi connectivity index (χ2v) is 16.0. The maximum Gasteiger partial charge on any atom is 0.238 e. The van der Waals surface area contributed by atoms with Crippen molar-refractivity contribution in [3.8, 4) is 45.5 Å². The summed E-state index contributed by atoms with van der Waals surface area (Å²) in [6.45, 7) is 0. The Bertz CT molecular complexity index is 3850. The normalized spacial score (nSPS) is 11.9. The molecule has 10 aromatic carbocycles. The van der Waals surface area contributed by atoms with E-state index in [0.717, 1.165) is 49.7 Å². The van der Waals surface area contributed by atoms with Gasteiger partial charge in [0.1, 0.15) is 0 Å². The van der Waals surface area contributed by atoms with E-state index >= 15 is 0 Å². The lowest BCUT2D eigenvalue weighted by Gasteiger charge is -2.14.